The maximum absolute atomic E-state index is 12.7. The molecular formula is C16H24N4O3. The Labute approximate surface area is 136 Å². The Hall–Kier alpha value is -1.73. The van der Waals surface area contributed by atoms with Crippen LogP contribution in [0.4, 0.5) is 0 Å². The summed E-state index contributed by atoms with van der Waals surface area (Å²) in [5.41, 5.74) is 0.378. The van der Waals surface area contributed by atoms with Crippen molar-refractivity contribution in [3.05, 3.63) is 17.8 Å². The molecule has 2 fully saturated rings. The molecule has 1 aromatic rings. The Bertz CT molecular complexity index is 531. The average Bonchev–Trinajstić information content (AvgIpc) is 3.06. The van der Waals surface area contributed by atoms with Crippen molar-refractivity contribution in [1.82, 2.24) is 20.0 Å². The van der Waals surface area contributed by atoms with E-state index in [0.29, 0.717) is 23.5 Å². The summed E-state index contributed by atoms with van der Waals surface area (Å²) < 4.78 is 10.4. The number of hydrogen-bond acceptors (Lipinski definition) is 6. The maximum atomic E-state index is 12.7. The van der Waals surface area contributed by atoms with E-state index in [1.165, 1.54) is 7.11 Å². The fraction of sp³-hybridized carbons (Fsp3) is 0.688. The third-order valence-corrected chi connectivity index (χ3v) is 4.80. The summed E-state index contributed by atoms with van der Waals surface area (Å²) >= 11 is 0. The second kappa shape index (κ2) is 7.23. The zero-order chi connectivity index (χ0) is 16.2. The third-order valence-electron chi connectivity index (χ3n) is 4.80. The van der Waals surface area contributed by atoms with Crippen LogP contribution in [0, 0.1) is 5.92 Å². The van der Waals surface area contributed by atoms with Crippen molar-refractivity contribution in [2.75, 3.05) is 46.5 Å². The summed E-state index contributed by atoms with van der Waals surface area (Å²) in [7, 11) is 1.53. The lowest BCUT2D eigenvalue weighted by molar-refractivity contribution is 0.0102. The van der Waals surface area contributed by atoms with Crippen LogP contribution in [-0.4, -0.2) is 78.4 Å². The van der Waals surface area contributed by atoms with E-state index in [0.717, 1.165) is 45.8 Å². The third kappa shape index (κ3) is 3.45. The van der Waals surface area contributed by atoms with E-state index in [4.69, 9.17) is 9.47 Å². The van der Waals surface area contributed by atoms with Gasteiger partial charge in [0.2, 0.25) is 5.88 Å². The van der Waals surface area contributed by atoms with E-state index in [-0.39, 0.29) is 5.91 Å². The van der Waals surface area contributed by atoms with Gasteiger partial charge in [0.25, 0.3) is 5.91 Å². The minimum Gasteiger partial charge on any atom is -0.480 e. The van der Waals surface area contributed by atoms with Gasteiger partial charge in [-0.2, -0.15) is 0 Å². The Morgan fingerprint density at radius 1 is 1.30 bits per heavy atom. The van der Waals surface area contributed by atoms with Gasteiger partial charge in [0, 0.05) is 38.3 Å². The predicted octanol–water partition coefficient (Wildman–Crippen LogP) is 0.668. The summed E-state index contributed by atoms with van der Waals surface area (Å²) in [5, 5.41) is 7.87. The van der Waals surface area contributed by atoms with Crippen LogP contribution in [0.3, 0.4) is 0 Å². The smallest absolute Gasteiger partial charge is 0.274 e. The topological polar surface area (TPSA) is 67.8 Å². The number of carbonyl (C=O) groups excluding carboxylic acids is 1. The molecule has 0 radical (unpaired) electrons. The summed E-state index contributed by atoms with van der Waals surface area (Å²) in [4.78, 5) is 17.0. The lowest BCUT2D eigenvalue weighted by Gasteiger charge is -2.34. The van der Waals surface area contributed by atoms with Crippen LogP contribution >= 0.6 is 0 Å². The van der Waals surface area contributed by atoms with E-state index < -0.39 is 0 Å². The molecule has 1 amide bonds. The van der Waals surface area contributed by atoms with Crippen molar-refractivity contribution in [2.24, 2.45) is 5.92 Å². The Kier molecular flexibility index (Phi) is 5.07. The van der Waals surface area contributed by atoms with E-state index in [1.807, 2.05) is 4.90 Å². The molecule has 0 bridgehead atoms. The van der Waals surface area contributed by atoms with Crippen LogP contribution in [0.5, 0.6) is 5.88 Å². The fourth-order valence-corrected chi connectivity index (χ4v) is 3.45. The quantitative estimate of drug-likeness (QED) is 0.812. The predicted molar refractivity (Wildman–Crippen MR) is 84.4 cm³/mol. The normalized spacial score (nSPS) is 25.6. The fourth-order valence-electron chi connectivity index (χ4n) is 3.45. The molecule has 0 spiro atoms. The number of amides is 1. The van der Waals surface area contributed by atoms with Crippen LogP contribution in [-0.2, 0) is 4.74 Å². The van der Waals surface area contributed by atoms with Crippen molar-refractivity contribution in [3.63, 3.8) is 0 Å². The Morgan fingerprint density at radius 3 is 2.70 bits per heavy atom. The van der Waals surface area contributed by atoms with Crippen molar-refractivity contribution >= 4 is 5.91 Å². The summed E-state index contributed by atoms with van der Waals surface area (Å²) in [6.07, 6.45) is 1.07. The molecule has 2 aliphatic heterocycles. The van der Waals surface area contributed by atoms with E-state index in [9.17, 15) is 4.79 Å². The average molecular weight is 320 g/mol. The highest BCUT2D eigenvalue weighted by Crippen LogP contribution is 2.26. The highest BCUT2D eigenvalue weighted by atomic mass is 16.5. The van der Waals surface area contributed by atoms with Crippen LogP contribution in [0.1, 0.15) is 23.8 Å². The number of rotatable bonds is 4. The van der Waals surface area contributed by atoms with Gasteiger partial charge in [-0.3, -0.25) is 9.69 Å². The van der Waals surface area contributed by atoms with Crippen molar-refractivity contribution < 1.29 is 14.3 Å². The van der Waals surface area contributed by atoms with Gasteiger partial charge in [-0.15, -0.1) is 10.2 Å². The van der Waals surface area contributed by atoms with Gasteiger partial charge < -0.3 is 14.4 Å². The maximum Gasteiger partial charge on any atom is 0.274 e. The van der Waals surface area contributed by atoms with Crippen molar-refractivity contribution in [3.8, 4) is 5.88 Å². The number of carbonyl (C=O) groups is 1. The van der Waals surface area contributed by atoms with E-state index in [1.54, 1.807) is 12.1 Å². The van der Waals surface area contributed by atoms with Crippen LogP contribution < -0.4 is 4.74 Å². The van der Waals surface area contributed by atoms with Gasteiger partial charge in [0.15, 0.2) is 5.69 Å². The Morgan fingerprint density at radius 2 is 2.09 bits per heavy atom. The first-order chi connectivity index (χ1) is 11.2. The second-order valence-corrected chi connectivity index (χ2v) is 6.06. The van der Waals surface area contributed by atoms with Gasteiger partial charge in [0.05, 0.1) is 20.3 Å². The number of hydrogen-bond donors (Lipinski definition) is 0. The first-order valence-corrected chi connectivity index (χ1v) is 8.21. The van der Waals surface area contributed by atoms with E-state index >= 15 is 0 Å². The molecule has 2 aliphatic rings. The van der Waals surface area contributed by atoms with Crippen molar-refractivity contribution in [2.45, 2.75) is 19.4 Å². The van der Waals surface area contributed by atoms with Gasteiger partial charge >= 0.3 is 0 Å². The van der Waals surface area contributed by atoms with Gasteiger partial charge in [-0.25, -0.2) is 0 Å². The first-order valence-electron chi connectivity index (χ1n) is 8.21. The van der Waals surface area contributed by atoms with Crippen molar-refractivity contribution in [1.29, 1.82) is 0 Å². The summed E-state index contributed by atoms with van der Waals surface area (Å²) in [6, 6.07) is 3.77. The molecule has 7 heteroatoms. The first kappa shape index (κ1) is 16.1. The standard InChI is InChI=1S/C16H24N4O3/c1-3-12-10-20(11-14(12)19-6-8-23-9-7-19)16(21)13-4-5-15(22-2)18-17-13/h4-5,12,14H,3,6-11H2,1-2H3/t12-,14+/m0/s1. The number of methoxy groups -OCH3 is 1. The number of ether oxygens (including phenoxy) is 2. The highest BCUT2D eigenvalue weighted by molar-refractivity contribution is 5.92. The molecule has 7 nitrogen and oxygen atoms in total. The molecule has 0 unspecified atom stereocenters. The molecule has 0 saturated carbocycles. The molecule has 2 atom stereocenters. The molecule has 0 aromatic carbocycles. The lowest BCUT2D eigenvalue weighted by atomic mass is 9.99. The molecule has 3 rings (SSSR count). The molecule has 0 N–H and O–H groups in total. The SMILES string of the molecule is CC[C@H]1CN(C(=O)c2ccc(OC)nn2)C[C@H]1N1CCOCC1. The number of morpholine rings is 1. The second-order valence-electron chi connectivity index (χ2n) is 6.06. The number of aromatic nitrogens is 2. The van der Waals surface area contributed by atoms with Gasteiger partial charge in [-0.1, -0.05) is 13.3 Å². The molecular weight excluding hydrogens is 296 g/mol. The van der Waals surface area contributed by atoms with Gasteiger partial charge in [0.1, 0.15) is 0 Å². The molecule has 1 aromatic heterocycles. The highest BCUT2D eigenvalue weighted by Gasteiger charge is 2.38. The number of likely N-dealkylation sites (tertiary alicyclic amines) is 1. The lowest BCUT2D eigenvalue weighted by Crippen LogP contribution is -2.47. The molecule has 126 valence electrons. The Balaban J connectivity index is 1.69. The zero-order valence-corrected chi connectivity index (χ0v) is 13.8. The minimum absolute atomic E-state index is 0.0469. The van der Waals surface area contributed by atoms with Crippen LogP contribution in [0.15, 0.2) is 12.1 Å². The molecule has 0 aliphatic carbocycles. The molecule has 3 heterocycles. The summed E-state index contributed by atoms with van der Waals surface area (Å²) in [6.45, 7) is 7.20. The molecule has 2 saturated heterocycles. The zero-order valence-electron chi connectivity index (χ0n) is 13.8. The van der Waals surface area contributed by atoms with E-state index in [2.05, 4.69) is 22.0 Å². The molecule has 23 heavy (non-hydrogen) atoms. The largest absolute Gasteiger partial charge is 0.480 e. The monoisotopic (exact) mass is 320 g/mol. The number of nitrogens with zero attached hydrogens (tertiary/aromatic N) is 4. The minimum atomic E-state index is -0.0469. The van der Waals surface area contributed by atoms with Gasteiger partial charge in [-0.05, 0) is 12.0 Å². The van der Waals surface area contributed by atoms with Crippen LogP contribution in [0.25, 0.3) is 0 Å². The van der Waals surface area contributed by atoms with Crippen LogP contribution in [0.2, 0.25) is 0 Å². The summed E-state index contributed by atoms with van der Waals surface area (Å²) in [5.74, 6) is 0.873.